The fraction of sp³-hybridized carbons (Fsp3) is 0.615. The number of nitrogens with one attached hydrogen (secondary N) is 1. The molecule has 0 aliphatic heterocycles. The molecule has 1 amide bonds. The molecule has 0 bridgehead atoms. The first-order valence-corrected chi connectivity index (χ1v) is 8.34. The van der Waals surface area contributed by atoms with E-state index >= 15 is 0 Å². The maximum atomic E-state index is 11.0. The highest BCUT2D eigenvalue weighted by Gasteiger charge is 2.23. The minimum absolute atomic E-state index is 0.335. The second kappa shape index (κ2) is 6.59. The number of primary amides is 1. The SMILES string of the molecule is CCSC1CCC(NCc2cc(C(N)=O)cs2)C1. The summed E-state index contributed by atoms with van der Waals surface area (Å²) >= 11 is 3.68. The average Bonchev–Trinajstić information content (AvgIpc) is 2.95. The maximum Gasteiger partial charge on any atom is 0.249 e. The van der Waals surface area contributed by atoms with Crippen molar-refractivity contribution in [2.75, 3.05) is 5.75 Å². The van der Waals surface area contributed by atoms with Gasteiger partial charge >= 0.3 is 0 Å². The van der Waals surface area contributed by atoms with Gasteiger partial charge in [0.25, 0.3) is 0 Å². The van der Waals surface area contributed by atoms with E-state index in [1.54, 1.807) is 11.3 Å². The van der Waals surface area contributed by atoms with Crippen LogP contribution < -0.4 is 11.1 Å². The first kappa shape index (κ1) is 13.9. The fourth-order valence-corrected chi connectivity index (χ4v) is 4.33. The summed E-state index contributed by atoms with van der Waals surface area (Å²) in [5, 5.41) is 6.25. The normalized spacial score (nSPS) is 23.4. The van der Waals surface area contributed by atoms with Gasteiger partial charge in [0.05, 0.1) is 5.56 Å². The van der Waals surface area contributed by atoms with E-state index < -0.39 is 0 Å². The fourth-order valence-electron chi connectivity index (χ4n) is 2.36. The van der Waals surface area contributed by atoms with Gasteiger partial charge in [-0.2, -0.15) is 11.8 Å². The molecule has 1 aliphatic rings. The first-order valence-electron chi connectivity index (χ1n) is 6.41. The summed E-state index contributed by atoms with van der Waals surface area (Å²) in [6, 6.07) is 2.53. The zero-order chi connectivity index (χ0) is 13.0. The van der Waals surface area contributed by atoms with Gasteiger partial charge in [0, 0.05) is 28.1 Å². The molecule has 1 aromatic rings. The summed E-state index contributed by atoms with van der Waals surface area (Å²) in [6.45, 7) is 3.08. The third kappa shape index (κ3) is 3.73. The standard InChI is InChI=1S/C13H20N2OS2/c1-2-17-11-4-3-10(6-11)15-7-12-5-9(8-18-12)13(14)16/h5,8,10-11,15H,2-4,6-7H2,1H3,(H2,14,16). The van der Waals surface area contributed by atoms with Crippen LogP contribution in [-0.2, 0) is 6.54 Å². The molecule has 3 N–H and O–H groups in total. The molecule has 1 fully saturated rings. The van der Waals surface area contributed by atoms with Crippen molar-refractivity contribution in [1.82, 2.24) is 5.32 Å². The third-order valence-corrected chi connectivity index (χ3v) is 5.46. The second-order valence-electron chi connectivity index (χ2n) is 4.63. The lowest BCUT2D eigenvalue weighted by Gasteiger charge is -2.12. The molecule has 0 spiro atoms. The van der Waals surface area contributed by atoms with Crippen LogP contribution in [0.4, 0.5) is 0 Å². The van der Waals surface area contributed by atoms with Gasteiger partial charge in [-0.3, -0.25) is 4.79 Å². The Morgan fingerprint density at radius 2 is 2.44 bits per heavy atom. The highest BCUT2D eigenvalue weighted by molar-refractivity contribution is 7.99. The molecule has 2 rings (SSSR count). The topological polar surface area (TPSA) is 55.1 Å². The number of rotatable bonds is 6. The molecule has 2 atom stereocenters. The summed E-state index contributed by atoms with van der Waals surface area (Å²) in [7, 11) is 0. The Bertz CT molecular complexity index is 405. The van der Waals surface area contributed by atoms with Crippen LogP contribution in [0.2, 0.25) is 0 Å². The molecular weight excluding hydrogens is 264 g/mol. The molecule has 1 heterocycles. The second-order valence-corrected chi connectivity index (χ2v) is 7.21. The number of thioether (sulfide) groups is 1. The summed E-state index contributed by atoms with van der Waals surface area (Å²) in [5.41, 5.74) is 5.87. The van der Waals surface area contributed by atoms with Crippen molar-refractivity contribution in [2.45, 2.75) is 44.0 Å². The van der Waals surface area contributed by atoms with Crippen LogP contribution in [0.5, 0.6) is 0 Å². The van der Waals surface area contributed by atoms with Crippen LogP contribution in [0.15, 0.2) is 11.4 Å². The number of carbonyl (C=O) groups excluding carboxylic acids is 1. The highest BCUT2D eigenvalue weighted by atomic mass is 32.2. The molecule has 5 heteroatoms. The van der Waals surface area contributed by atoms with Crippen molar-refractivity contribution in [3.05, 3.63) is 21.9 Å². The minimum atomic E-state index is -0.335. The molecule has 0 aromatic carbocycles. The van der Waals surface area contributed by atoms with Crippen LogP contribution in [0.25, 0.3) is 0 Å². The molecule has 18 heavy (non-hydrogen) atoms. The number of thiophene rings is 1. The zero-order valence-electron chi connectivity index (χ0n) is 10.6. The maximum absolute atomic E-state index is 11.0. The van der Waals surface area contributed by atoms with E-state index in [0.717, 1.165) is 11.8 Å². The number of amides is 1. The van der Waals surface area contributed by atoms with Crippen LogP contribution in [0.1, 0.15) is 41.4 Å². The highest BCUT2D eigenvalue weighted by Crippen LogP contribution is 2.30. The van der Waals surface area contributed by atoms with Crippen LogP contribution in [0, 0.1) is 0 Å². The minimum Gasteiger partial charge on any atom is -0.366 e. The molecule has 2 unspecified atom stereocenters. The lowest BCUT2D eigenvalue weighted by Crippen LogP contribution is -2.25. The molecule has 1 aromatic heterocycles. The summed E-state index contributed by atoms with van der Waals surface area (Å²) in [5.74, 6) is 0.877. The molecule has 1 saturated carbocycles. The van der Waals surface area contributed by atoms with E-state index in [9.17, 15) is 4.79 Å². The molecule has 0 saturated heterocycles. The summed E-state index contributed by atoms with van der Waals surface area (Å²) in [6.07, 6.45) is 3.87. The Morgan fingerprint density at radius 3 is 3.11 bits per heavy atom. The van der Waals surface area contributed by atoms with Crippen molar-refractivity contribution in [3.8, 4) is 0 Å². The predicted molar refractivity (Wildman–Crippen MR) is 79.2 cm³/mol. The zero-order valence-corrected chi connectivity index (χ0v) is 12.3. The first-order chi connectivity index (χ1) is 8.69. The van der Waals surface area contributed by atoms with E-state index in [-0.39, 0.29) is 5.91 Å². The molecule has 0 radical (unpaired) electrons. The number of carbonyl (C=O) groups is 1. The van der Waals surface area contributed by atoms with Crippen LogP contribution in [0.3, 0.4) is 0 Å². The van der Waals surface area contributed by atoms with E-state index in [1.807, 2.05) is 11.4 Å². The Morgan fingerprint density at radius 1 is 1.61 bits per heavy atom. The van der Waals surface area contributed by atoms with Gasteiger partial charge in [0.15, 0.2) is 0 Å². The van der Waals surface area contributed by atoms with E-state index in [1.165, 1.54) is 29.9 Å². The van der Waals surface area contributed by atoms with Crippen molar-refractivity contribution >= 4 is 29.0 Å². The predicted octanol–water partition coefficient (Wildman–Crippen LogP) is 2.61. The van der Waals surface area contributed by atoms with E-state index in [0.29, 0.717) is 11.6 Å². The van der Waals surface area contributed by atoms with Crippen LogP contribution >= 0.6 is 23.1 Å². The van der Waals surface area contributed by atoms with Gasteiger partial charge in [-0.05, 0) is 31.1 Å². The lowest BCUT2D eigenvalue weighted by molar-refractivity contribution is 0.100. The number of nitrogens with two attached hydrogens (primary N) is 1. The Labute approximate surface area is 117 Å². The molecular formula is C13H20N2OS2. The largest absolute Gasteiger partial charge is 0.366 e. The number of hydrogen-bond donors (Lipinski definition) is 2. The van der Waals surface area contributed by atoms with Crippen molar-refractivity contribution in [2.24, 2.45) is 5.73 Å². The van der Waals surface area contributed by atoms with Gasteiger partial charge in [0.1, 0.15) is 0 Å². The van der Waals surface area contributed by atoms with Crippen molar-refractivity contribution < 1.29 is 4.79 Å². The van der Waals surface area contributed by atoms with Crippen molar-refractivity contribution in [3.63, 3.8) is 0 Å². The lowest BCUT2D eigenvalue weighted by atomic mass is 10.2. The molecule has 3 nitrogen and oxygen atoms in total. The van der Waals surface area contributed by atoms with Gasteiger partial charge in [-0.1, -0.05) is 6.92 Å². The molecule has 1 aliphatic carbocycles. The van der Waals surface area contributed by atoms with E-state index in [2.05, 4.69) is 24.0 Å². The Balaban J connectivity index is 1.76. The van der Waals surface area contributed by atoms with Gasteiger partial charge < -0.3 is 11.1 Å². The van der Waals surface area contributed by atoms with Crippen molar-refractivity contribution in [1.29, 1.82) is 0 Å². The summed E-state index contributed by atoms with van der Waals surface area (Å²) in [4.78, 5) is 12.2. The van der Waals surface area contributed by atoms with Gasteiger partial charge in [-0.25, -0.2) is 0 Å². The average molecular weight is 284 g/mol. The summed E-state index contributed by atoms with van der Waals surface area (Å²) < 4.78 is 0. The van der Waals surface area contributed by atoms with Gasteiger partial charge in [-0.15, -0.1) is 11.3 Å². The Kier molecular flexibility index (Phi) is 5.09. The van der Waals surface area contributed by atoms with E-state index in [4.69, 9.17) is 5.73 Å². The Hall–Kier alpha value is -0.520. The molecule has 100 valence electrons. The smallest absolute Gasteiger partial charge is 0.249 e. The quantitative estimate of drug-likeness (QED) is 0.844. The number of hydrogen-bond acceptors (Lipinski definition) is 4. The van der Waals surface area contributed by atoms with Gasteiger partial charge in [0.2, 0.25) is 5.91 Å². The third-order valence-electron chi connectivity index (χ3n) is 3.29. The van der Waals surface area contributed by atoms with Crippen LogP contribution in [-0.4, -0.2) is 23.0 Å². The monoisotopic (exact) mass is 284 g/mol.